The summed E-state index contributed by atoms with van der Waals surface area (Å²) in [5, 5.41) is 5.03. The van der Waals surface area contributed by atoms with E-state index >= 15 is 0 Å². The van der Waals surface area contributed by atoms with Crippen molar-refractivity contribution >= 4 is 22.8 Å². The summed E-state index contributed by atoms with van der Waals surface area (Å²) in [7, 11) is 4.01. The molecule has 0 bridgehead atoms. The van der Waals surface area contributed by atoms with Gasteiger partial charge in [0.25, 0.3) is 0 Å². The van der Waals surface area contributed by atoms with Gasteiger partial charge in [-0.25, -0.2) is 4.99 Å². The molecule has 4 rings (SSSR count). The summed E-state index contributed by atoms with van der Waals surface area (Å²) in [5.41, 5.74) is 0.373. The van der Waals surface area contributed by atoms with E-state index in [9.17, 15) is 26.3 Å². The summed E-state index contributed by atoms with van der Waals surface area (Å²) in [6, 6.07) is 17.2. The predicted molar refractivity (Wildman–Crippen MR) is 162 cm³/mol. The molecular formula is C33H33F6N5. The number of rotatable bonds is 10. The number of hydrogen-bond acceptors (Lipinski definition) is 3. The monoisotopic (exact) mass is 613 g/mol. The summed E-state index contributed by atoms with van der Waals surface area (Å²) >= 11 is 0. The first-order chi connectivity index (χ1) is 20.7. The van der Waals surface area contributed by atoms with E-state index in [-0.39, 0.29) is 18.2 Å². The number of halogens is 6. The van der Waals surface area contributed by atoms with Gasteiger partial charge in [0.05, 0.1) is 23.2 Å². The molecule has 3 aromatic carbocycles. The maximum Gasteiger partial charge on any atom is 0.416 e. The van der Waals surface area contributed by atoms with E-state index in [4.69, 9.17) is 0 Å². The topological polar surface area (TPSA) is 36.7 Å². The van der Waals surface area contributed by atoms with E-state index in [1.54, 1.807) is 12.3 Å². The van der Waals surface area contributed by atoms with Crippen LogP contribution in [0.2, 0.25) is 0 Å². The molecule has 0 aliphatic rings. The lowest BCUT2D eigenvalue weighted by Gasteiger charge is -2.28. The van der Waals surface area contributed by atoms with Gasteiger partial charge >= 0.3 is 12.4 Å². The minimum absolute atomic E-state index is 0.145. The highest BCUT2D eigenvalue weighted by molar-refractivity contribution is 6.02. The number of hydrogen-bond donors (Lipinski definition) is 0. The van der Waals surface area contributed by atoms with E-state index in [0.717, 1.165) is 41.7 Å². The smallest absolute Gasteiger partial charge is 0.351 e. The zero-order valence-corrected chi connectivity index (χ0v) is 24.6. The lowest BCUT2D eigenvalue weighted by molar-refractivity contribution is -0.143. The number of benzene rings is 3. The van der Waals surface area contributed by atoms with Crippen LogP contribution in [-0.4, -0.2) is 52.6 Å². The minimum atomic E-state index is -4.95. The quantitative estimate of drug-likeness (QED) is 0.103. The fraction of sp³-hybridized carbons (Fsp3) is 0.273. The Bertz CT molecular complexity index is 1650. The zero-order chi connectivity index (χ0) is 32.1. The van der Waals surface area contributed by atoms with Crippen LogP contribution in [0, 0.1) is 0 Å². The first-order valence-corrected chi connectivity index (χ1v) is 13.8. The average Bonchev–Trinajstić information content (AvgIpc) is 3.35. The number of alkyl halides is 6. The van der Waals surface area contributed by atoms with Gasteiger partial charge in [-0.1, -0.05) is 49.0 Å². The Hall–Kier alpha value is -4.38. The van der Waals surface area contributed by atoms with Crippen LogP contribution in [0.4, 0.5) is 26.3 Å². The molecule has 0 unspecified atom stereocenters. The van der Waals surface area contributed by atoms with E-state index in [0.29, 0.717) is 23.5 Å². The number of amidine groups is 1. The maximum atomic E-state index is 13.7. The average molecular weight is 614 g/mol. The Labute approximate surface area is 252 Å². The molecule has 0 aliphatic carbocycles. The molecule has 11 heteroatoms. The molecule has 0 N–H and O–H groups in total. The van der Waals surface area contributed by atoms with Crippen LogP contribution in [0.3, 0.4) is 0 Å². The Morgan fingerprint density at radius 2 is 1.66 bits per heavy atom. The molecule has 0 amide bonds. The van der Waals surface area contributed by atoms with Crippen molar-refractivity contribution in [2.24, 2.45) is 4.99 Å². The van der Waals surface area contributed by atoms with E-state index in [2.05, 4.69) is 38.6 Å². The van der Waals surface area contributed by atoms with Crippen LogP contribution in [0.25, 0.3) is 17.0 Å². The van der Waals surface area contributed by atoms with Crippen molar-refractivity contribution in [3.05, 3.63) is 119 Å². The highest BCUT2D eigenvalue weighted by Gasteiger charge is 2.38. The third-order valence-corrected chi connectivity index (χ3v) is 6.93. The first-order valence-electron chi connectivity index (χ1n) is 13.8. The Morgan fingerprint density at radius 3 is 2.30 bits per heavy atom. The second kappa shape index (κ2) is 13.5. The van der Waals surface area contributed by atoms with Crippen LogP contribution in [0.1, 0.15) is 34.7 Å². The van der Waals surface area contributed by atoms with Crippen molar-refractivity contribution in [2.45, 2.75) is 32.4 Å². The summed E-state index contributed by atoms with van der Waals surface area (Å²) < 4.78 is 81.5. The molecule has 1 heterocycles. The third-order valence-electron chi connectivity index (χ3n) is 6.93. The van der Waals surface area contributed by atoms with Gasteiger partial charge < -0.3 is 9.80 Å². The molecule has 1 aromatic heterocycles. The SMILES string of the molecule is C=CN=C(/C(C)=C/c1ccc2nn(Cc3ccc(C(F)(F)F)cc3C(F)(F)F)cc2c1)N(CCN(C)C)Cc1ccccc1. The Morgan fingerprint density at radius 1 is 0.932 bits per heavy atom. The number of nitrogens with zero attached hydrogens (tertiary/aromatic N) is 5. The number of aliphatic imine (C=N–C) groups is 1. The van der Waals surface area contributed by atoms with Gasteiger partial charge in [-0.2, -0.15) is 31.4 Å². The van der Waals surface area contributed by atoms with Crippen molar-refractivity contribution in [3.63, 3.8) is 0 Å². The van der Waals surface area contributed by atoms with E-state index in [1.807, 2.05) is 57.4 Å². The van der Waals surface area contributed by atoms with Gasteiger partial charge in [-0.3, -0.25) is 4.68 Å². The summed E-state index contributed by atoms with van der Waals surface area (Å²) in [6.07, 6.45) is -4.79. The third kappa shape index (κ3) is 8.37. The van der Waals surface area contributed by atoms with Crippen LogP contribution in [0.5, 0.6) is 0 Å². The molecule has 5 nitrogen and oxygen atoms in total. The van der Waals surface area contributed by atoms with E-state index in [1.165, 1.54) is 10.9 Å². The Balaban J connectivity index is 1.63. The molecule has 0 fully saturated rings. The van der Waals surface area contributed by atoms with Crippen molar-refractivity contribution in [1.29, 1.82) is 0 Å². The van der Waals surface area contributed by atoms with Crippen molar-refractivity contribution in [3.8, 4) is 0 Å². The fourth-order valence-electron chi connectivity index (χ4n) is 4.81. The predicted octanol–water partition coefficient (Wildman–Crippen LogP) is 8.13. The van der Waals surface area contributed by atoms with Gasteiger partial charge in [0.15, 0.2) is 0 Å². The number of fused-ring (bicyclic) bond motifs is 1. The van der Waals surface area contributed by atoms with Crippen LogP contribution < -0.4 is 0 Å². The summed E-state index contributed by atoms with van der Waals surface area (Å²) in [6.45, 7) is 7.57. The molecular weight excluding hydrogens is 580 g/mol. The van der Waals surface area contributed by atoms with Gasteiger partial charge in [0.1, 0.15) is 5.84 Å². The van der Waals surface area contributed by atoms with E-state index < -0.39 is 23.5 Å². The first kappa shape index (κ1) is 32.5. The maximum absolute atomic E-state index is 13.7. The Kier molecular flexibility index (Phi) is 9.98. The fourth-order valence-corrected chi connectivity index (χ4v) is 4.81. The molecule has 0 saturated carbocycles. The molecule has 0 spiro atoms. The highest BCUT2D eigenvalue weighted by Crippen LogP contribution is 2.37. The van der Waals surface area contributed by atoms with Gasteiger partial charge in [-0.15, -0.1) is 0 Å². The number of aromatic nitrogens is 2. The van der Waals surface area contributed by atoms with Gasteiger partial charge in [-0.05, 0) is 73.6 Å². The minimum Gasteiger partial charge on any atom is -0.351 e. The summed E-state index contributed by atoms with van der Waals surface area (Å²) in [5.74, 6) is 0.753. The molecule has 0 saturated heterocycles. The molecule has 0 atom stereocenters. The molecule has 0 radical (unpaired) electrons. The van der Waals surface area contributed by atoms with Crippen molar-refractivity contribution < 1.29 is 26.3 Å². The number of likely N-dealkylation sites (N-methyl/N-ethyl adjacent to an activating group) is 1. The standard InChI is InChI=1S/C33H33F6N5/c1-5-40-31(43(16-15-42(3)4)20-24-9-7-6-8-10-24)23(2)17-25-11-14-30-27(18-25)22-44(41-30)21-26-12-13-28(32(34,35)36)19-29(26)33(37,38)39/h5-14,17-19,22H,1,15-16,20-21H2,2-4H3/b23-17+,40-31?. The van der Waals surface area contributed by atoms with Crippen LogP contribution >= 0.6 is 0 Å². The lowest BCUT2D eigenvalue weighted by atomic mass is 10.0. The van der Waals surface area contributed by atoms with Crippen molar-refractivity contribution in [1.82, 2.24) is 19.6 Å². The van der Waals surface area contributed by atoms with Crippen LogP contribution in [0.15, 0.2) is 96.3 Å². The normalized spacial score (nSPS) is 13.1. The lowest BCUT2D eigenvalue weighted by Crippen LogP contribution is -2.36. The largest absolute Gasteiger partial charge is 0.416 e. The van der Waals surface area contributed by atoms with Gasteiger partial charge in [0.2, 0.25) is 0 Å². The van der Waals surface area contributed by atoms with Gasteiger partial charge in [0, 0.05) is 37.4 Å². The summed E-state index contributed by atoms with van der Waals surface area (Å²) in [4.78, 5) is 8.87. The molecule has 232 valence electrons. The molecule has 0 aliphatic heterocycles. The zero-order valence-electron chi connectivity index (χ0n) is 24.6. The second-order valence-corrected chi connectivity index (χ2v) is 10.7. The highest BCUT2D eigenvalue weighted by atomic mass is 19.4. The second-order valence-electron chi connectivity index (χ2n) is 10.7. The van der Waals surface area contributed by atoms with Crippen molar-refractivity contribution in [2.75, 3.05) is 27.2 Å². The van der Waals surface area contributed by atoms with Crippen LogP contribution in [-0.2, 0) is 25.4 Å². The molecule has 44 heavy (non-hydrogen) atoms. The molecule has 4 aromatic rings.